The highest BCUT2D eigenvalue weighted by molar-refractivity contribution is 8.15. The minimum absolute atomic E-state index is 0.0354. The van der Waals surface area contributed by atoms with Gasteiger partial charge in [-0.25, -0.2) is 8.42 Å². The average molecular weight is 402 g/mol. The van der Waals surface area contributed by atoms with Crippen molar-refractivity contribution >= 4 is 50.0 Å². The lowest BCUT2D eigenvalue weighted by atomic mass is 10.2. The van der Waals surface area contributed by atoms with Gasteiger partial charge in [0.1, 0.15) is 0 Å². The van der Waals surface area contributed by atoms with E-state index in [1.165, 1.54) is 11.8 Å². The monoisotopic (exact) mass is 401 g/mol. The van der Waals surface area contributed by atoms with Gasteiger partial charge in [-0.3, -0.25) is 9.79 Å². The SMILES string of the molecule is CCCCNC(=O)c1ccc(Cl)c(NC2=N[C@H]3CS(=O)(=O)C[C@@H]3S2)c1. The van der Waals surface area contributed by atoms with Crippen LogP contribution in [0, 0.1) is 0 Å². The number of benzene rings is 1. The fourth-order valence-corrected chi connectivity index (χ4v) is 6.61. The minimum atomic E-state index is -2.97. The number of aliphatic imine (C=N–C) groups is 1. The van der Waals surface area contributed by atoms with Gasteiger partial charge in [-0.2, -0.15) is 0 Å². The van der Waals surface area contributed by atoms with Crippen LogP contribution in [0.3, 0.4) is 0 Å². The number of anilines is 1. The number of fused-ring (bicyclic) bond motifs is 1. The Labute approximate surface area is 156 Å². The van der Waals surface area contributed by atoms with Crippen molar-refractivity contribution in [2.75, 3.05) is 23.4 Å². The molecule has 1 aromatic carbocycles. The summed E-state index contributed by atoms with van der Waals surface area (Å²) in [6, 6.07) is 4.85. The Bertz CT molecular complexity index is 811. The molecule has 9 heteroatoms. The molecule has 136 valence electrons. The topological polar surface area (TPSA) is 87.6 Å². The summed E-state index contributed by atoms with van der Waals surface area (Å²) in [6.45, 7) is 2.71. The minimum Gasteiger partial charge on any atom is -0.352 e. The van der Waals surface area contributed by atoms with Gasteiger partial charge in [0, 0.05) is 17.4 Å². The molecule has 0 saturated carbocycles. The number of halogens is 1. The molecule has 1 amide bonds. The van der Waals surface area contributed by atoms with E-state index in [4.69, 9.17) is 11.6 Å². The quantitative estimate of drug-likeness (QED) is 0.740. The van der Waals surface area contributed by atoms with Gasteiger partial charge in [0.25, 0.3) is 5.91 Å². The van der Waals surface area contributed by atoms with E-state index < -0.39 is 9.84 Å². The molecule has 0 bridgehead atoms. The summed E-state index contributed by atoms with van der Waals surface area (Å²) in [5.74, 6) is 0.116. The molecule has 1 fully saturated rings. The fraction of sp³-hybridized carbons (Fsp3) is 0.500. The third-order valence-corrected chi connectivity index (χ3v) is 7.58. The second-order valence-electron chi connectivity index (χ2n) is 6.16. The molecule has 1 saturated heterocycles. The van der Waals surface area contributed by atoms with E-state index in [1.807, 2.05) is 0 Å². The molecule has 2 aliphatic heterocycles. The van der Waals surface area contributed by atoms with E-state index >= 15 is 0 Å². The van der Waals surface area contributed by atoms with E-state index in [1.54, 1.807) is 18.2 Å². The normalized spacial score (nSPS) is 23.8. The number of thioether (sulfide) groups is 1. The first-order valence-corrected chi connectivity index (χ1v) is 11.3. The summed E-state index contributed by atoms with van der Waals surface area (Å²) >= 11 is 7.64. The molecule has 2 atom stereocenters. The highest BCUT2D eigenvalue weighted by atomic mass is 35.5. The van der Waals surface area contributed by atoms with Gasteiger partial charge >= 0.3 is 0 Å². The zero-order chi connectivity index (χ0) is 18.0. The maximum Gasteiger partial charge on any atom is 0.251 e. The Hall–Kier alpha value is -1.25. The summed E-state index contributed by atoms with van der Waals surface area (Å²) in [5.41, 5.74) is 1.12. The highest BCUT2D eigenvalue weighted by Gasteiger charge is 2.42. The molecule has 0 unspecified atom stereocenters. The highest BCUT2D eigenvalue weighted by Crippen LogP contribution is 2.35. The van der Waals surface area contributed by atoms with Crippen molar-refractivity contribution in [2.45, 2.75) is 31.1 Å². The number of hydrogen-bond acceptors (Lipinski definition) is 6. The van der Waals surface area contributed by atoms with Gasteiger partial charge in [-0.05, 0) is 24.6 Å². The molecule has 3 rings (SSSR count). The maximum absolute atomic E-state index is 12.2. The second kappa shape index (κ2) is 7.55. The number of sulfone groups is 1. The van der Waals surface area contributed by atoms with Gasteiger partial charge in [-0.1, -0.05) is 36.7 Å². The summed E-state index contributed by atoms with van der Waals surface area (Å²) in [6.07, 6.45) is 1.95. The molecule has 2 heterocycles. The molecular formula is C16H20ClN3O3S2. The Morgan fingerprint density at radius 1 is 1.40 bits per heavy atom. The lowest BCUT2D eigenvalue weighted by Crippen LogP contribution is -2.24. The van der Waals surface area contributed by atoms with Gasteiger partial charge < -0.3 is 10.6 Å². The molecular weight excluding hydrogens is 382 g/mol. The smallest absolute Gasteiger partial charge is 0.251 e. The Balaban J connectivity index is 1.69. The summed E-state index contributed by atoms with van der Waals surface area (Å²) in [5, 5.41) is 7.10. The molecule has 2 aliphatic rings. The summed E-state index contributed by atoms with van der Waals surface area (Å²) in [7, 11) is -2.97. The first-order chi connectivity index (χ1) is 11.9. The maximum atomic E-state index is 12.2. The number of rotatable bonds is 5. The van der Waals surface area contributed by atoms with Gasteiger partial charge in [-0.15, -0.1) is 0 Å². The van der Waals surface area contributed by atoms with Crippen molar-refractivity contribution in [1.82, 2.24) is 5.32 Å². The van der Waals surface area contributed by atoms with Crippen LogP contribution >= 0.6 is 23.4 Å². The third-order valence-electron chi connectivity index (χ3n) is 4.10. The van der Waals surface area contributed by atoms with Crippen LogP contribution in [0.4, 0.5) is 5.69 Å². The summed E-state index contributed by atoms with van der Waals surface area (Å²) in [4.78, 5) is 16.6. The van der Waals surface area contributed by atoms with Crippen LogP contribution in [0.25, 0.3) is 0 Å². The fourth-order valence-electron chi connectivity index (χ4n) is 2.77. The van der Waals surface area contributed by atoms with E-state index in [0.717, 1.165) is 12.8 Å². The number of carbonyl (C=O) groups excluding carboxylic acids is 1. The van der Waals surface area contributed by atoms with E-state index in [9.17, 15) is 13.2 Å². The first-order valence-electron chi connectivity index (χ1n) is 8.17. The lowest BCUT2D eigenvalue weighted by molar-refractivity contribution is 0.0953. The van der Waals surface area contributed by atoms with Gasteiger partial charge in [0.2, 0.25) is 0 Å². The second-order valence-corrected chi connectivity index (χ2v) is 9.95. The molecule has 0 spiro atoms. The van der Waals surface area contributed by atoms with Gasteiger partial charge in [0.15, 0.2) is 15.0 Å². The van der Waals surface area contributed by atoms with Crippen molar-refractivity contribution < 1.29 is 13.2 Å². The number of unbranched alkanes of at least 4 members (excludes halogenated alkanes) is 1. The zero-order valence-electron chi connectivity index (χ0n) is 13.8. The lowest BCUT2D eigenvalue weighted by Gasteiger charge is -2.11. The predicted molar refractivity (Wildman–Crippen MR) is 104 cm³/mol. The Morgan fingerprint density at radius 2 is 2.20 bits per heavy atom. The van der Waals surface area contributed by atoms with E-state index in [2.05, 4.69) is 22.5 Å². The first kappa shape index (κ1) is 18.5. The van der Waals surface area contributed by atoms with Crippen molar-refractivity contribution in [2.24, 2.45) is 4.99 Å². The number of carbonyl (C=O) groups is 1. The van der Waals surface area contributed by atoms with Crippen LogP contribution in [0.5, 0.6) is 0 Å². The number of nitrogens with one attached hydrogen (secondary N) is 2. The number of amidine groups is 1. The number of amides is 1. The molecule has 0 aliphatic carbocycles. The summed E-state index contributed by atoms with van der Waals surface area (Å²) < 4.78 is 23.2. The van der Waals surface area contributed by atoms with Crippen LogP contribution in [0.15, 0.2) is 23.2 Å². The van der Waals surface area contributed by atoms with Crippen molar-refractivity contribution in [3.05, 3.63) is 28.8 Å². The molecule has 0 radical (unpaired) electrons. The van der Waals surface area contributed by atoms with Gasteiger partial charge in [0.05, 0.1) is 28.3 Å². The average Bonchev–Trinajstić information content (AvgIpc) is 3.02. The molecule has 2 N–H and O–H groups in total. The van der Waals surface area contributed by atoms with Crippen molar-refractivity contribution in [3.8, 4) is 0 Å². The van der Waals surface area contributed by atoms with Crippen LogP contribution in [-0.4, -0.2) is 48.8 Å². The Morgan fingerprint density at radius 3 is 2.92 bits per heavy atom. The zero-order valence-corrected chi connectivity index (χ0v) is 16.2. The van der Waals surface area contributed by atoms with E-state index in [0.29, 0.717) is 28.0 Å². The number of nitrogens with zero attached hydrogens (tertiary/aromatic N) is 1. The van der Waals surface area contributed by atoms with Crippen LogP contribution in [0.2, 0.25) is 5.02 Å². The largest absolute Gasteiger partial charge is 0.352 e. The van der Waals surface area contributed by atoms with E-state index in [-0.39, 0.29) is 28.7 Å². The van der Waals surface area contributed by atoms with Crippen LogP contribution < -0.4 is 10.6 Å². The molecule has 0 aromatic heterocycles. The number of hydrogen-bond donors (Lipinski definition) is 2. The molecule has 25 heavy (non-hydrogen) atoms. The standard InChI is InChI=1S/C16H20ClN3O3S2/c1-2-3-6-18-15(21)10-4-5-11(17)12(7-10)19-16-20-13-8-25(22,23)9-14(13)24-16/h4-5,7,13-14H,2-3,6,8-9H2,1H3,(H,18,21)(H,19,20)/t13-,14-/m0/s1. The van der Waals surface area contributed by atoms with Crippen LogP contribution in [-0.2, 0) is 9.84 Å². The van der Waals surface area contributed by atoms with Crippen molar-refractivity contribution in [1.29, 1.82) is 0 Å². The predicted octanol–water partition coefficient (Wildman–Crippen LogP) is 2.55. The molecule has 6 nitrogen and oxygen atoms in total. The molecule has 1 aromatic rings. The van der Waals surface area contributed by atoms with Crippen LogP contribution in [0.1, 0.15) is 30.1 Å². The third kappa shape index (κ3) is 4.48. The van der Waals surface area contributed by atoms with Crippen molar-refractivity contribution in [3.63, 3.8) is 0 Å². The Kier molecular flexibility index (Phi) is 5.60.